The molecular formula is C12H13BrN2O2S2. The second-order valence-electron chi connectivity index (χ2n) is 3.78. The normalized spacial score (nSPS) is 10.4. The summed E-state index contributed by atoms with van der Waals surface area (Å²) in [4.78, 5) is 16.7. The van der Waals surface area contributed by atoms with Crippen LogP contribution in [0.1, 0.15) is 17.0 Å². The zero-order valence-corrected chi connectivity index (χ0v) is 13.5. The quantitative estimate of drug-likeness (QED) is 0.798. The Kier molecular flexibility index (Phi) is 5.35. The molecule has 0 aliphatic rings. The summed E-state index contributed by atoms with van der Waals surface area (Å²) in [5.74, 6) is -0.203. The highest BCUT2D eigenvalue weighted by Gasteiger charge is 2.06. The second-order valence-corrected chi connectivity index (χ2v) is 7.19. The lowest BCUT2D eigenvalue weighted by Crippen LogP contribution is -2.02. The lowest BCUT2D eigenvalue weighted by atomic mass is 10.2. The molecule has 0 saturated carbocycles. The van der Waals surface area contributed by atoms with Gasteiger partial charge in [0.1, 0.15) is 0 Å². The van der Waals surface area contributed by atoms with Crippen LogP contribution in [0, 0.1) is 0 Å². The smallest absolute Gasteiger partial charge is 0.305 e. The van der Waals surface area contributed by atoms with Gasteiger partial charge in [-0.2, -0.15) is 0 Å². The number of thiophene rings is 1. The molecule has 0 spiro atoms. The molecule has 0 aliphatic carbocycles. The van der Waals surface area contributed by atoms with Crippen LogP contribution in [0.3, 0.4) is 0 Å². The fraction of sp³-hybridized carbons (Fsp3) is 0.333. The van der Waals surface area contributed by atoms with Crippen LogP contribution in [0.2, 0.25) is 0 Å². The largest absolute Gasteiger partial charge is 0.469 e. The fourth-order valence-electron chi connectivity index (χ4n) is 1.44. The van der Waals surface area contributed by atoms with Crippen LogP contribution in [-0.4, -0.2) is 18.1 Å². The van der Waals surface area contributed by atoms with Crippen LogP contribution >= 0.6 is 38.6 Å². The summed E-state index contributed by atoms with van der Waals surface area (Å²) in [5.41, 5.74) is 0.922. The van der Waals surface area contributed by atoms with Gasteiger partial charge in [0.2, 0.25) is 0 Å². The molecule has 0 saturated heterocycles. The van der Waals surface area contributed by atoms with Crippen molar-refractivity contribution >= 4 is 49.7 Å². The van der Waals surface area contributed by atoms with Gasteiger partial charge in [-0.05, 0) is 28.1 Å². The standard InChI is InChI=1S/C12H13BrN2O2S2/c1-17-11(16)5-2-8-7-18-12(15-8)14-6-9-3-4-10(13)19-9/h3-4,7H,2,5-6H2,1H3,(H,14,15). The Hall–Kier alpha value is -0.920. The number of anilines is 1. The third kappa shape index (κ3) is 4.59. The van der Waals surface area contributed by atoms with E-state index in [2.05, 4.69) is 37.0 Å². The summed E-state index contributed by atoms with van der Waals surface area (Å²) < 4.78 is 5.73. The molecule has 0 fully saturated rings. The van der Waals surface area contributed by atoms with Crippen molar-refractivity contribution in [1.82, 2.24) is 4.98 Å². The highest BCUT2D eigenvalue weighted by atomic mass is 79.9. The summed E-state index contributed by atoms with van der Waals surface area (Å²) in [6, 6.07) is 4.11. The Morgan fingerprint density at radius 2 is 2.37 bits per heavy atom. The molecule has 1 N–H and O–H groups in total. The molecular weight excluding hydrogens is 348 g/mol. The monoisotopic (exact) mass is 360 g/mol. The Bertz CT molecular complexity index is 553. The molecule has 0 atom stereocenters. The van der Waals surface area contributed by atoms with Crippen molar-refractivity contribution in [3.8, 4) is 0 Å². The maximum absolute atomic E-state index is 11.0. The van der Waals surface area contributed by atoms with E-state index in [1.165, 1.54) is 12.0 Å². The van der Waals surface area contributed by atoms with Gasteiger partial charge in [0.25, 0.3) is 0 Å². The average molecular weight is 361 g/mol. The lowest BCUT2D eigenvalue weighted by molar-refractivity contribution is -0.140. The molecule has 0 radical (unpaired) electrons. The van der Waals surface area contributed by atoms with Gasteiger partial charge in [0.05, 0.1) is 29.6 Å². The van der Waals surface area contributed by atoms with Crippen molar-refractivity contribution in [3.63, 3.8) is 0 Å². The van der Waals surface area contributed by atoms with Crippen molar-refractivity contribution in [2.45, 2.75) is 19.4 Å². The van der Waals surface area contributed by atoms with Gasteiger partial charge in [0.15, 0.2) is 5.13 Å². The third-order valence-electron chi connectivity index (χ3n) is 2.41. The number of halogens is 1. The van der Waals surface area contributed by atoms with Gasteiger partial charge >= 0.3 is 5.97 Å². The minimum atomic E-state index is -0.203. The number of aromatic nitrogens is 1. The summed E-state index contributed by atoms with van der Waals surface area (Å²) >= 11 is 6.69. The first-order valence-corrected chi connectivity index (χ1v) is 8.15. The van der Waals surface area contributed by atoms with E-state index in [0.29, 0.717) is 12.8 Å². The molecule has 2 rings (SSSR count). The summed E-state index contributed by atoms with van der Waals surface area (Å²) in [5, 5.41) is 6.12. The molecule has 0 bridgehead atoms. The van der Waals surface area contributed by atoms with Crippen molar-refractivity contribution in [2.75, 3.05) is 12.4 Å². The Morgan fingerprint density at radius 1 is 1.53 bits per heavy atom. The van der Waals surface area contributed by atoms with Crippen LogP contribution in [0.4, 0.5) is 5.13 Å². The van der Waals surface area contributed by atoms with Gasteiger partial charge in [-0.3, -0.25) is 4.79 Å². The highest BCUT2D eigenvalue weighted by Crippen LogP contribution is 2.24. The first-order chi connectivity index (χ1) is 9.17. The molecule has 0 aromatic carbocycles. The topological polar surface area (TPSA) is 51.2 Å². The Balaban J connectivity index is 1.82. The number of nitrogens with one attached hydrogen (secondary N) is 1. The number of hydrogen-bond donors (Lipinski definition) is 1. The summed E-state index contributed by atoms with van der Waals surface area (Å²) in [7, 11) is 1.40. The number of hydrogen-bond acceptors (Lipinski definition) is 6. The first kappa shape index (κ1) is 14.5. The van der Waals surface area contributed by atoms with E-state index >= 15 is 0 Å². The van der Waals surface area contributed by atoms with E-state index in [-0.39, 0.29) is 5.97 Å². The minimum Gasteiger partial charge on any atom is -0.469 e. The summed E-state index contributed by atoms with van der Waals surface area (Å²) in [6.45, 7) is 0.764. The van der Waals surface area contributed by atoms with Gasteiger partial charge in [-0.15, -0.1) is 22.7 Å². The van der Waals surface area contributed by atoms with Crippen LogP contribution < -0.4 is 5.32 Å². The van der Waals surface area contributed by atoms with Crippen LogP contribution in [-0.2, 0) is 22.5 Å². The van der Waals surface area contributed by atoms with E-state index in [4.69, 9.17) is 0 Å². The van der Waals surface area contributed by atoms with Crippen molar-refractivity contribution in [3.05, 3.63) is 31.9 Å². The Morgan fingerprint density at radius 3 is 3.05 bits per heavy atom. The predicted molar refractivity (Wildman–Crippen MR) is 81.8 cm³/mol. The number of carbonyl (C=O) groups is 1. The molecule has 19 heavy (non-hydrogen) atoms. The number of carbonyl (C=O) groups excluding carboxylic acids is 1. The molecule has 7 heteroatoms. The molecule has 0 unspecified atom stereocenters. The number of methoxy groups -OCH3 is 1. The van der Waals surface area contributed by atoms with E-state index in [0.717, 1.165) is 21.2 Å². The predicted octanol–water partition coefficient (Wildman–Crippen LogP) is 3.68. The lowest BCUT2D eigenvalue weighted by Gasteiger charge is -1.99. The van der Waals surface area contributed by atoms with E-state index in [9.17, 15) is 4.79 Å². The molecule has 2 aromatic rings. The number of ether oxygens (including phenoxy) is 1. The van der Waals surface area contributed by atoms with E-state index < -0.39 is 0 Å². The van der Waals surface area contributed by atoms with Gasteiger partial charge in [-0.1, -0.05) is 0 Å². The maximum Gasteiger partial charge on any atom is 0.305 e. The zero-order chi connectivity index (χ0) is 13.7. The molecule has 0 amide bonds. The number of esters is 1. The van der Waals surface area contributed by atoms with E-state index in [1.807, 2.05) is 11.4 Å². The van der Waals surface area contributed by atoms with Gasteiger partial charge in [-0.25, -0.2) is 4.98 Å². The Labute approximate surface area is 128 Å². The number of thiazole rings is 1. The van der Waals surface area contributed by atoms with Crippen molar-refractivity contribution in [2.24, 2.45) is 0 Å². The van der Waals surface area contributed by atoms with Crippen LogP contribution in [0.15, 0.2) is 21.3 Å². The molecule has 102 valence electrons. The number of aryl methyl sites for hydroxylation is 1. The molecule has 2 heterocycles. The van der Waals surface area contributed by atoms with Crippen LogP contribution in [0.5, 0.6) is 0 Å². The SMILES string of the molecule is COC(=O)CCc1csc(NCc2ccc(Br)s2)n1. The molecule has 4 nitrogen and oxygen atoms in total. The van der Waals surface area contributed by atoms with E-state index in [1.54, 1.807) is 22.7 Å². The summed E-state index contributed by atoms with van der Waals surface area (Å²) in [6.07, 6.45) is 0.993. The number of nitrogens with zero attached hydrogens (tertiary/aromatic N) is 1. The van der Waals surface area contributed by atoms with Gasteiger partial charge < -0.3 is 10.1 Å². The minimum absolute atomic E-state index is 0.203. The second kappa shape index (κ2) is 7.02. The van der Waals surface area contributed by atoms with Gasteiger partial charge in [0, 0.05) is 16.7 Å². The molecule has 2 aromatic heterocycles. The third-order valence-corrected chi connectivity index (χ3v) is 4.88. The first-order valence-electron chi connectivity index (χ1n) is 5.66. The molecule has 0 aliphatic heterocycles. The number of rotatable bonds is 6. The van der Waals surface area contributed by atoms with Crippen LogP contribution in [0.25, 0.3) is 0 Å². The maximum atomic E-state index is 11.0. The fourth-order valence-corrected chi connectivity index (χ4v) is 3.61. The van der Waals surface area contributed by atoms with Crippen molar-refractivity contribution < 1.29 is 9.53 Å². The highest BCUT2D eigenvalue weighted by molar-refractivity contribution is 9.11. The van der Waals surface area contributed by atoms with Crippen molar-refractivity contribution in [1.29, 1.82) is 0 Å². The average Bonchev–Trinajstić information content (AvgIpc) is 3.02. The zero-order valence-electron chi connectivity index (χ0n) is 10.3.